The van der Waals surface area contributed by atoms with E-state index in [1.54, 1.807) is 11.3 Å². The van der Waals surface area contributed by atoms with Gasteiger partial charge in [0.25, 0.3) is 0 Å². The smallest absolute Gasteiger partial charge is 0.100 e. The number of nitriles is 1. The molecule has 6 heteroatoms. The number of hydrogen-bond donors (Lipinski definition) is 2. The second-order valence-electron chi connectivity index (χ2n) is 7.98. The third-order valence-corrected chi connectivity index (χ3v) is 6.90. The molecule has 1 aliphatic rings. The van der Waals surface area contributed by atoms with Crippen LogP contribution in [0.4, 0.5) is 5.69 Å². The number of hydrogen-bond acceptors (Lipinski definition) is 5. The van der Waals surface area contributed by atoms with Gasteiger partial charge in [0.05, 0.1) is 38.9 Å². The molecule has 0 aliphatic heterocycles. The van der Waals surface area contributed by atoms with E-state index < -0.39 is 0 Å². The van der Waals surface area contributed by atoms with Gasteiger partial charge >= 0.3 is 0 Å². The van der Waals surface area contributed by atoms with Gasteiger partial charge in [-0.3, -0.25) is 5.10 Å². The second-order valence-corrected chi connectivity index (χ2v) is 8.87. The van der Waals surface area contributed by atoms with Crippen molar-refractivity contribution in [3.8, 4) is 17.3 Å². The molecule has 6 rings (SSSR count). The lowest BCUT2D eigenvalue weighted by atomic mass is 9.86. The molecule has 0 radical (unpaired) electrons. The highest BCUT2D eigenvalue weighted by Crippen LogP contribution is 2.35. The molecule has 2 heterocycles. The Labute approximate surface area is 183 Å². The SMILES string of the molecule is N#Cc1ccc2c(c1)CCCC2Nc1ccc2[nH]nc(-c3ccc4scnc4c3)c2c1. The number of anilines is 1. The summed E-state index contributed by atoms with van der Waals surface area (Å²) in [6.45, 7) is 0. The van der Waals surface area contributed by atoms with Gasteiger partial charge in [0.1, 0.15) is 5.69 Å². The minimum absolute atomic E-state index is 0.246. The van der Waals surface area contributed by atoms with Crippen LogP contribution >= 0.6 is 11.3 Å². The molecule has 1 atom stereocenters. The molecule has 5 aromatic rings. The average Bonchev–Trinajstić information content (AvgIpc) is 3.45. The van der Waals surface area contributed by atoms with Gasteiger partial charge in [-0.2, -0.15) is 10.4 Å². The number of rotatable bonds is 3. The fraction of sp³-hybridized carbons (Fsp3) is 0.160. The van der Waals surface area contributed by atoms with Gasteiger partial charge in [-0.25, -0.2) is 4.98 Å². The first kappa shape index (κ1) is 18.1. The number of thiazole rings is 1. The first-order valence-corrected chi connectivity index (χ1v) is 11.3. The average molecular weight is 422 g/mol. The van der Waals surface area contributed by atoms with Crippen molar-refractivity contribution in [1.82, 2.24) is 15.2 Å². The molecule has 150 valence electrons. The van der Waals surface area contributed by atoms with Crippen molar-refractivity contribution < 1.29 is 0 Å². The van der Waals surface area contributed by atoms with Crippen LogP contribution in [0.2, 0.25) is 0 Å². The molecule has 2 aromatic heterocycles. The summed E-state index contributed by atoms with van der Waals surface area (Å²) in [7, 11) is 0. The van der Waals surface area contributed by atoms with Crippen LogP contribution in [0.25, 0.3) is 32.4 Å². The van der Waals surface area contributed by atoms with Crippen LogP contribution in [0.15, 0.2) is 60.1 Å². The summed E-state index contributed by atoms with van der Waals surface area (Å²) in [5.41, 5.74) is 10.3. The molecule has 2 N–H and O–H groups in total. The van der Waals surface area contributed by atoms with Crippen molar-refractivity contribution in [3.05, 3.63) is 76.8 Å². The summed E-state index contributed by atoms with van der Waals surface area (Å²) in [5, 5.41) is 21.8. The molecule has 0 bridgehead atoms. The van der Waals surface area contributed by atoms with E-state index in [2.05, 4.69) is 69.0 Å². The van der Waals surface area contributed by atoms with Crippen LogP contribution in [0, 0.1) is 11.3 Å². The van der Waals surface area contributed by atoms with Gasteiger partial charge in [-0.05, 0) is 72.9 Å². The van der Waals surface area contributed by atoms with Crippen molar-refractivity contribution >= 4 is 38.1 Å². The molecule has 0 amide bonds. The lowest BCUT2D eigenvalue weighted by Crippen LogP contribution is -2.17. The van der Waals surface area contributed by atoms with E-state index in [0.717, 1.165) is 58.2 Å². The Hall–Kier alpha value is -3.69. The third-order valence-electron chi connectivity index (χ3n) is 6.09. The van der Waals surface area contributed by atoms with Crippen LogP contribution in [-0.4, -0.2) is 15.2 Å². The molecule has 5 nitrogen and oxygen atoms in total. The molecule has 1 unspecified atom stereocenters. The summed E-state index contributed by atoms with van der Waals surface area (Å²) in [5.74, 6) is 0. The number of fused-ring (bicyclic) bond motifs is 3. The van der Waals surface area contributed by atoms with E-state index in [0.29, 0.717) is 0 Å². The summed E-state index contributed by atoms with van der Waals surface area (Å²) >= 11 is 1.65. The highest BCUT2D eigenvalue weighted by atomic mass is 32.1. The molecule has 0 saturated heterocycles. The highest BCUT2D eigenvalue weighted by molar-refractivity contribution is 7.16. The summed E-state index contributed by atoms with van der Waals surface area (Å²) in [4.78, 5) is 4.45. The van der Waals surface area contributed by atoms with Crippen LogP contribution in [0.3, 0.4) is 0 Å². The van der Waals surface area contributed by atoms with E-state index >= 15 is 0 Å². The standard InChI is InChI=1S/C25H19N5S/c26-13-15-4-7-19-16(10-15)2-1-3-21(19)28-18-6-8-22-20(12-18)25(30-29-22)17-5-9-24-23(11-17)27-14-31-24/h4-12,14,21,28H,1-3H2,(H,29,30). The lowest BCUT2D eigenvalue weighted by molar-refractivity contribution is 0.600. The van der Waals surface area contributed by atoms with Crippen LogP contribution in [0.5, 0.6) is 0 Å². The third kappa shape index (κ3) is 3.15. The first-order chi connectivity index (χ1) is 15.3. The van der Waals surface area contributed by atoms with E-state index in [1.165, 1.54) is 15.8 Å². The molecule has 3 aromatic carbocycles. The number of nitrogens with zero attached hydrogens (tertiary/aromatic N) is 3. The molecular weight excluding hydrogens is 402 g/mol. The van der Waals surface area contributed by atoms with E-state index in [4.69, 9.17) is 0 Å². The zero-order chi connectivity index (χ0) is 20.8. The largest absolute Gasteiger partial charge is 0.378 e. The van der Waals surface area contributed by atoms with Gasteiger partial charge in [-0.15, -0.1) is 11.3 Å². The van der Waals surface area contributed by atoms with Crippen LogP contribution < -0.4 is 5.32 Å². The lowest BCUT2D eigenvalue weighted by Gasteiger charge is -2.27. The molecule has 0 saturated carbocycles. The molecule has 0 fully saturated rings. The van der Waals surface area contributed by atoms with Crippen LogP contribution in [-0.2, 0) is 6.42 Å². The van der Waals surface area contributed by atoms with Crippen LogP contribution in [0.1, 0.15) is 35.6 Å². The van der Waals surface area contributed by atoms with Gasteiger partial charge in [0, 0.05) is 16.6 Å². The maximum absolute atomic E-state index is 9.21. The number of nitrogens with one attached hydrogen (secondary N) is 2. The maximum Gasteiger partial charge on any atom is 0.100 e. The van der Waals surface area contributed by atoms with Crippen molar-refractivity contribution in [2.45, 2.75) is 25.3 Å². The second kappa shape index (κ2) is 7.22. The zero-order valence-electron chi connectivity index (χ0n) is 16.7. The van der Waals surface area contributed by atoms with Gasteiger partial charge in [0.2, 0.25) is 0 Å². The molecular formula is C25H19N5S. The Morgan fingerprint density at radius 1 is 1.10 bits per heavy atom. The Kier molecular flexibility index (Phi) is 4.22. The molecule has 1 aliphatic carbocycles. The van der Waals surface area contributed by atoms with Crippen molar-refractivity contribution in [2.75, 3.05) is 5.32 Å². The minimum Gasteiger partial charge on any atom is -0.378 e. The van der Waals surface area contributed by atoms with E-state index in [1.807, 2.05) is 17.6 Å². The summed E-state index contributed by atoms with van der Waals surface area (Å²) in [6.07, 6.45) is 3.23. The van der Waals surface area contributed by atoms with Crippen molar-refractivity contribution in [2.24, 2.45) is 0 Å². The minimum atomic E-state index is 0.246. The normalized spacial score (nSPS) is 15.6. The fourth-order valence-corrected chi connectivity index (χ4v) is 5.22. The monoisotopic (exact) mass is 421 g/mol. The van der Waals surface area contributed by atoms with Crippen molar-refractivity contribution in [3.63, 3.8) is 0 Å². The topological polar surface area (TPSA) is 77.4 Å². The zero-order valence-corrected chi connectivity index (χ0v) is 17.5. The highest BCUT2D eigenvalue weighted by Gasteiger charge is 2.21. The fourth-order valence-electron chi connectivity index (χ4n) is 4.56. The Balaban J connectivity index is 1.36. The number of benzene rings is 3. The predicted molar refractivity (Wildman–Crippen MR) is 125 cm³/mol. The first-order valence-electron chi connectivity index (χ1n) is 10.4. The van der Waals surface area contributed by atoms with Gasteiger partial charge in [0.15, 0.2) is 0 Å². The van der Waals surface area contributed by atoms with Gasteiger partial charge < -0.3 is 5.32 Å². The summed E-state index contributed by atoms with van der Waals surface area (Å²) in [6, 6.07) is 21.3. The van der Waals surface area contributed by atoms with E-state index in [-0.39, 0.29) is 6.04 Å². The predicted octanol–water partition coefficient (Wildman–Crippen LogP) is 6.20. The number of H-pyrrole nitrogens is 1. The van der Waals surface area contributed by atoms with Gasteiger partial charge in [-0.1, -0.05) is 12.1 Å². The summed E-state index contributed by atoms with van der Waals surface area (Å²) < 4.78 is 1.18. The Morgan fingerprint density at radius 3 is 3.00 bits per heavy atom. The number of aryl methyl sites for hydroxylation is 1. The molecule has 31 heavy (non-hydrogen) atoms. The molecule has 0 spiro atoms. The maximum atomic E-state index is 9.21. The quantitative estimate of drug-likeness (QED) is 0.363. The number of aromatic amines is 1. The van der Waals surface area contributed by atoms with E-state index in [9.17, 15) is 5.26 Å². The Morgan fingerprint density at radius 2 is 2.06 bits per heavy atom. The Bertz CT molecular complexity index is 1470. The van der Waals surface area contributed by atoms with Crippen molar-refractivity contribution in [1.29, 1.82) is 5.26 Å². The number of aromatic nitrogens is 3.